The van der Waals surface area contributed by atoms with Crippen LogP contribution in [0.5, 0.6) is 0 Å². The minimum atomic E-state index is 0.185. The van der Waals surface area contributed by atoms with E-state index in [1.54, 1.807) is 0 Å². The van der Waals surface area contributed by atoms with Crippen molar-refractivity contribution in [3.05, 3.63) is 46.0 Å². The first-order chi connectivity index (χ1) is 8.49. The van der Waals surface area contributed by atoms with Crippen LogP contribution in [0.2, 0.25) is 0 Å². The van der Waals surface area contributed by atoms with Gasteiger partial charge in [0.2, 0.25) is 0 Å². The van der Waals surface area contributed by atoms with E-state index < -0.39 is 0 Å². The van der Waals surface area contributed by atoms with Crippen molar-refractivity contribution in [2.75, 3.05) is 5.32 Å². The Balaban J connectivity index is 2.22. The molecule has 0 saturated carbocycles. The molecule has 1 atom stereocenters. The number of aromatic nitrogens is 2. The molecule has 18 heavy (non-hydrogen) atoms. The zero-order valence-electron chi connectivity index (χ0n) is 11.2. The van der Waals surface area contributed by atoms with E-state index in [0.29, 0.717) is 0 Å². The van der Waals surface area contributed by atoms with Crippen molar-refractivity contribution in [2.45, 2.75) is 26.8 Å². The van der Waals surface area contributed by atoms with Gasteiger partial charge in [0.1, 0.15) is 5.82 Å². The van der Waals surface area contributed by atoms with Crippen LogP contribution in [-0.2, 0) is 7.05 Å². The number of rotatable bonds is 3. The number of benzene rings is 1. The minimum absolute atomic E-state index is 0.185. The zero-order chi connectivity index (χ0) is 13.3. The molecule has 4 heteroatoms. The van der Waals surface area contributed by atoms with Crippen LogP contribution in [0.25, 0.3) is 0 Å². The molecule has 1 unspecified atom stereocenters. The summed E-state index contributed by atoms with van der Waals surface area (Å²) in [5.41, 5.74) is 3.61. The molecule has 0 saturated heterocycles. The number of nitrogens with one attached hydrogen (secondary N) is 1. The monoisotopic (exact) mass is 307 g/mol. The molecule has 2 aromatic rings. The molecule has 0 aliphatic heterocycles. The Morgan fingerprint density at radius 2 is 1.89 bits per heavy atom. The molecule has 0 amide bonds. The summed E-state index contributed by atoms with van der Waals surface area (Å²) in [6, 6.07) is 4.48. The van der Waals surface area contributed by atoms with Crippen LogP contribution in [0.3, 0.4) is 0 Å². The summed E-state index contributed by atoms with van der Waals surface area (Å²) in [6.07, 6.45) is 3.79. The van der Waals surface area contributed by atoms with Crippen LogP contribution in [-0.4, -0.2) is 9.55 Å². The Hall–Kier alpha value is -1.29. The fourth-order valence-corrected chi connectivity index (χ4v) is 2.37. The Morgan fingerprint density at radius 3 is 2.39 bits per heavy atom. The summed E-state index contributed by atoms with van der Waals surface area (Å²) in [4.78, 5) is 4.37. The van der Waals surface area contributed by atoms with E-state index in [1.165, 1.54) is 15.6 Å². The van der Waals surface area contributed by atoms with Crippen molar-refractivity contribution in [2.24, 2.45) is 7.05 Å². The molecule has 3 nitrogen and oxygen atoms in total. The number of hydrogen-bond donors (Lipinski definition) is 1. The van der Waals surface area contributed by atoms with Crippen LogP contribution in [0.1, 0.15) is 29.9 Å². The Morgan fingerprint density at radius 1 is 1.28 bits per heavy atom. The summed E-state index contributed by atoms with van der Waals surface area (Å²) in [5.74, 6) is 1.04. The highest BCUT2D eigenvalue weighted by atomic mass is 79.9. The van der Waals surface area contributed by atoms with Crippen molar-refractivity contribution >= 4 is 21.6 Å². The van der Waals surface area contributed by atoms with Gasteiger partial charge in [-0.25, -0.2) is 4.98 Å². The second-order valence-electron chi connectivity index (χ2n) is 4.69. The topological polar surface area (TPSA) is 29.9 Å². The first-order valence-electron chi connectivity index (χ1n) is 5.99. The van der Waals surface area contributed by atoms with E-state index in [-0.39, 0.29) is 6.04 Å². The Kier molecular flexibility index (Phi) is 3.76. The predicted molar refractivity (Wildman–Crippen MR) is 78.9 cm³/mol. The average molecular weight is 308 g/mol. The molecule has 0 aliphatic rings. The Bertz CT molecular complexity index is 537. The summed E-state index contributed by atoms with van der Waals surface area (Å²) in [6.45, 7) is 6.33. The van der Waals surface area contributed by atoms with Crippen LogP contribution < -0.4 is 5.32 Å². The molecule has 96 valence electrons. The van der Waals surface area contributed by atoms with Gasteiger partial charge in [-0.2, -0.15) is 0 Å². The van der Waals surface area contributed by atoms with E-state index in [2.05, 4.69) is 59.1 Å². The lowest BCUT2D eigenvalue weighted by Gasteiger charge is -2.17. The second-order valence-corrected chi connectivity index (χ2v) is 5.48. The summed E-state index contributed by atoms with van der Waals surface area (Å²) >= 11 is 3.59. The van der Waals surface area contributed by atoms with Crippen molar-refractivity contribution in [3.63, 3.8) is 0 Å². The molecule has 0 radical (unpaired) electrons. The van der Waals surface area contributed by atoms with E-state index in [0.717, 1.165) is 11.5 Å². The van der Waals surface area contributed by atoms with Crippen LogP contribution >= 0.6 is 15.9 Å². The average Bonchev–Trinajstić information content (AvgIpc) is 2.72. The molecule has 0 fully saturated rings. The molecule has 2 rings (SSSR count). The highest BCUT2D eigenvalue weighted by molar-refractivity contribution is 9.10. The number of nitrogens with zero attached hydrogens (tertiary/aromatic N) is 2. The lowest BCUT2D eigenvalue weighted by Crippen LogP contribution is -2.12. The van der Waals surface area contributed by atoms with Gasteiger partial charge >= 0.3 is 0 Å². The lowest BCUT2D eigenvalue weighted by atomic mass is 10.1. The van der Waals surface area contributed by atoms with Gasteiger partial charge in [0, 0.05) is 29.6 Å². The van der Waals surface area contributed by atoms with E-state index >= 15 is 0 Å². The fourth-order valence-electron chi connectivity index (χ4n) is 2.14. The minimum Gasteiger partial charge on any atom is -0.375 e. The molecule has 0 spiro atoms. The molecule has 1 heterocycles. The second kappa shape index (κ2) is 5.14. The molecule has 0 bridgehead atoms. The van der Waals surface area contributed by atoms with Gasteiger partial charge in [-0.05, 0) is 44.0 Å². The van der Waals surface area contributed by atoms with Crippen molar-refractivity contribution < 1.29 is 0 Å². The van der Waals surface area contributed by atoms with E-state index in [9.17, 15) is 0 Å². The zero-order valence-corrected chi connectivity index (χ0v) is 12.7. The number of hydrogen-bond acceptors (Lipinski definition) is 2. The fraction of sp³-hybridized carbons (Fsp3) is 0.357. The molecule has 0 aliphatic carbocycles. The van der Waals surface area contributed by atoms with Crippen LogP contribution in [0.4, 0.5) is 5.69 Å². The maximum absolute atomic E-state index is 4.37. The Labute approximate surface area is 116 Å². The number of imidazole rings is 1. The lowest BCUT2D eigenvalue weighted by molar-refractivity contribution is 0.721. The third-order valence-electron chi connectivity index (χ3n) is 3.07. The van der Waals surface area contributed by atoms with Crippen molar-refractivity contribution in [3.8, 4) is 0 Å². The van der Waals surface area contributed by atoms with Gasteiger partial charge in [0.25, 0.3) is 0 Å². The molecule has 1 N–H and O–H groups in total. The highest BCUT2D eigenvalue weighted by Crippen LogP contribution is 2.27. The largest absolute Gasteiger partial charge is 0.375 e. The quantitative estimate of drug-likeness (QED) is 0.929. The smallest absolute Gasteiger partial charge is 0.130 e. The number of anilines is 1. The molecule has 1 aromatic heterocycles. The van der Waals surface area contributed by atoms with Crippen LogP contribution in [0.15, 0.2) is 29.0 Å². The van der Waals surface area contributed by atoms with Crippen molar-refractivity contribution in [1.29, 1.82) is 0 Å². The van der Waals surface area contributed by atoms with Gasteiger partial charge in [-0.3, -0.25) is 0 Å². The normalized spacial score (nSPS) is 12.5. The standard InChI is InChI=1S/C14H18BrN3/c1-9-7-12(8-10(2)13(9)15)17-11(3)14-16-5-6-18(14)4/h5-8,11,17H,1-4H3. The third-order valence-corrected chi connectivity index (χ3v) is 4.32. The van der Waals surface area contributed by atoms with Gasteiger partial charge in [0.05, 0.1) is 6.04 Å². The van der Waals surface area contributed by atoms with Gasteiger partial charge in [-0.1, -0.05) is 15.9 Å². The van der Waals surface area contributed by atoms with Gasteiger partial charge in [-0.15, -0.1) is 0 Å². The number of aryl methyl sites for hydroxylation is 3. The molecule has 1 aromatic carbocycles. The van der Waals surface area contributed by atoms with E-state index in [1.807, 2.05) is 24.0 Å². The number of halogens is 1. The van der Waals surface area contributed by atoms with Gasteiger partial charge in [0.15, 0.2) is 0 Å². The van der Waals surface area contributed by atoms with Crippen molar-refractivity contribution in [1.82, 2.24) is 9.55 Å². The first-order valence-corrected chi connectivity index (χ1v) is 6.79. The maximum atomic E-state index is 4.37. The van der Waals surface area contributed by atoms with E-state index in [4.69, 9.17) is 0 Å². The maximum Gasteiger partial charge on any atom is 0.130 e. The highest BCUT2D eigenvalue weighted by Gasteiger charge is 2.11. The third kappa shape index (κ3) is 2.58. The SMILES string of the molecule is Cc1cc(NC(C)c2nccn2C)cc(C)c1Br. The van der Waals surface area contributed by atoms with Crippen LogP contribution in [0, 0.1) is 13.8 Å². The summed E-state index contributed by atoms with van der Waals surface area (Å²) in [5, 5.41) is 3.49. The predicted octanol–water partition coefficient (Wildman–Crippen LogP) is 3.97. The summed E-state index contributed by atoms with van der Waals surface area (Å²) < 4.78 is 3.22. The summed E-state index contributed by atoms with van der Waals surface area (Å²) in [7, 11) is 2.01. The molecular formula is C14H18BrN3. The first kappa shape index (κ1) is 13.1. The molecular weight excluding hydrogens is 290 g/mol. The van der Waals surface area contributed by atoms with Gasteiger partial charge < -0.3 is 9.88 Å².